The largest absolute Gasteiger partial charge is 0.495 e. The Kier molecular flexibility index (Phi) is 11.3. The number of sulfonamides is 1. The van der Waals surface area contributed by atoms with Crippen LogP contribution < -0.4 is 14.4 Å². The molecule has 0 spiro atoms. The number of rotatable bonds is 12. The molecule has 0 aliphatic rings. The molecule has 1 atom stereocenters. The monoisotopic (exact) mass is 639 g/mol. The number of halogens is 3. The van der Waals surface area contributed by atoms with Crippen LogP contribution in [-0.4, -0.2) is 57.1 Å². The second kappa shape index (κ2) is 14.3. The molecule has 0 aliphatic carbocycles. The second-order valence-corrected chi connectivity index (χ2v) is 12.9. The fourth-order valence-corrected chi connectivity index (χ4v) is 5.61. The van der Waals surface area contributed by atoms with Crippen LogP contribution in [0, 0.1) is 0 Å². The van der Waals surface area contributed by atoms with Crippen molar-refractivity contribution in [2.24, 2.45) is 0 Å². The molecule has 2 amide bonds. The minimum absolute atomic E-state index is 0.0281. The van der Waals surface area contributed by atoms with Gasteiger partial charge in [-0.15, -0.1) is 0 Å². The smallest absolute Gasteiger partial charge is 0.244 e. The molecule has 41 heavy (non-hydrogen) atoms. The maximum Gasteiger partial charge on any atom is 0.244 e. The van der Waals surface area contributed by atoms with Gasteiger partial charge in [-0.05, 0) is 55.3 Å². The highest BCUT2D eigenvalue weighted by atomic mass is 35.5. The molecular weight excluding hydrogens is 609 g/mol. The Morgan fingerprint density at radius 2 is 1.59 bits per heavy atom. The summed E-state index contributed by atoms with van der Waals surface area (Å²) >= 11 is 18.6. The number of anilines is 1. The Bertz CT molecular complexity index is 1490. The number of carbonyl (C=O) groups excluding carboxylic acids is 2. The summed E-state index contributed by atoms with van der Waals surface area (Å²) in [5.41, 5.74) is 1.61. The normalized spacial score (nSPS) is 12.1. The van der Waals surface area contributed by atoms with E-state index in [1.54, 1.807) is 18.2 Å². The van der Waals surface area contributed by atoms with Gasteiger partial charge in [-0.25, -0.2) is 8.42 Å². The molecule has 12 heteroatoms. The molecule has 0 saturated carbocycles. The zero-order chi connectivity index (χ0) is 30.3. The van der Waals surface area contributed by atoms with Crippen molar-refractivity contribution in [1.82, 2.24) is 10.2 Å². The van der Waals surface area contributed by atoms with Crippen molar-refractivity contribution in [2.75, 3.05) is 24.2 Å². The van der Waals surface area contributed by atoms with Crippen molar-refractivity contribution >= 4 is 62.3 Å². The highest BCUT2D eigenvalue weighted by molar-refractivity contribution is 7.92. The van der Waals surface area contributed by atoms with Crippen molar-refractivity contribution < 1.29 is 22.7 Å². The van der Waals surface area contributed by atoms with Crippen molar-refractivity contribution in [3.63, 3.8) is 0 Å². The number of hydrogen-bond acceptors (Lipinski definition) is 5. The zero-order valence-electron chi connectivity index (χ0n) is 23.1. The minimum atomic E-state index is -3.94. The number of ether oxygens (including phenoxy) is 1. The first-order chi connectivity index (χ1) is 19.3. The summed E-state index contributed by atoms with van der Waals surface area (Å²) in [6, 6.07) is 17.4. The van der Waals surface area contributed by atoms with E-state index in [1.807, 2.05) is 44.2 Å². The van der Waals surface area contributed by atoms with Crippen LogP contribution in [0.1, 0.15) is 25.0 Å². The van der Waals surface area contributed by atoms with Crippen LogP contribution in [0.25, 0.3) is 0 Å². The molecule has 0 saturated heterocycles. The molecule has 220 valence electrons. The van der Waals surface area contributed by atoms with Gasteiger partial charge in [-0.2, -0.15) is 0 Å². The SMILES string of the molecule is COc1ccc(N(CC(=O)N(Cc2ccc(Cl)c(Cl)c2)C(Cc2ccccc2)C(=O)NC(C)C)S(C)(=O)=O)cc1Cl. The first-order valence-electron chi connectivity index (χ1n) is 12.7. The van der Waals surface area contributed by atoms with Gasteiger partial charge in [0.2, 0.25) is 21.8 Å². The van der Waals surface area contributed by atoms with Crippen LogP contribution in [0.5, 0.6) is 5.75 Å². The van der Waals surface area contributed by atoms with Crippen molar-refractivity contribution in [2.45, 2.75) is 38.9 Å². The average molecular weight is 641 g/mol. The molecule has 3 rings (SSSR count). The van der Waals surface area contributed by atoms with Crippen LogP contribution in [0.4, 0.5) is 5.69 Å². The van der Waals surface area contributed by atoms with Crippen LogP contribution in [0.2, 0.25) is 15.1 Å². The number of methoxy groups -OCH3 is 1. The highest BCUT2D eigenvalue weighted by Crippen LogP contribution is 2.31. The van der Waals surface area contributed by atoms with Crippen LogP contribution in [-0.2, 0) is 32.6 Å². The summed E-state index contributed by atoms with van der Waals surface area (Å²) in [4.78, 5) is 29.0. The van der Waals surface area contributed by atoms with Gasteiger partial charge in [0.1, 0.15) is 18.3 Å². The molecule has 0 aromatic heterocycles. The number of hydrogen-bond donors (Lipinski definition) is 1. The Balaban J connectivity index is 2.08. The molecule has 0 fully saturated rings. The van der Waals surface area contributed by atoms with E-state index in [2.05, 4.69) is 5.32 Å². The van der Waals surface area contributed by atoms with Crippen LogP contribution >= 0.6 is 34.8 Å². The van der Waals surface area contributed by atoms with Gasteiger partial charge >= 0.3 is 0 Å². The fourth-order valence-electron chi connectivity index (χ4n) is 4.19. The van der Waals surface area contributed by atoms with Gasteiger partial charge in [-0.1, -0.05) is 71.2 Å². The summed E-state index contributed by atoms with van der Waals surface area (Å²) in [6.45, 7) is 3.03. The lowest BCUT2D eigenvalue weighted by Crippen LogP contribution is -2.54. The first kappa shape index (κ1) is 32.5. The fraction of sp³-hybridized carbons (Fsp3) is 0.310. The predicted octanol–water partition coefficient (Wildman–Crippen LogP) is 5.59. The topological polar surface area (TPSA) is 96.0 Å². The Morgan fingerprint density at radius 3 is 2.15 bits per heavy atom. The summed E-state index contributed by atoms with van der Waals surface area (Å²) in [5, 5.41) is 3.70. The van der Waals surface area contributed by atoms with E-state index in [-0.39, 0.29) is 40.6 Å². The number of amides is 2. The molecule has 3 aromatic rings. The van der Waals surface area contributed by atoms with Gasteiger partial charge in [0, 0.05) is 19.0 Å². The lowest BCUT2D eigenvalue weighted by Gasteiger charge is -2.34. The van der Waals surface area contributed by atoms with Gasteiger partial charge in [-0.3, -0.25) is 13.9 Å². The van der Waals surface area contributed by atoms with Gasteiger partial charge in [0.15, 0.2) is 0 Å². The van der Waals surface area contributed by atoms with Crippen molar-refractivity contribution in [3.8, 4) is 5.75 Å². The van der Waals surface area contributed by atoms with E-state index in [1.165, 1.54) is 30.2 Å². The van der Waals surface area contributed by atoms with E-state index in [0.717, 1.165) is 16.1 Å². The standard InChI is InChI=1S/C29H32Cl3N3O5S/c1-19(2)33-29(37)26(15-20-8-6-5-7-9-20)34(17-21-10-12-23(30)24(31)14-21)28(36)18-35(41(4,38)39)22-11-13-27(40-3)25(32)16-22/h5-14,16,19,26H,15,17-18H2,1-4H3,(H,33,37). The predicted molar refractivity (Wildman–Crippen MR) is 164 cm³/mol. The molecule has 0 heterocycles. The number of carbonyl (C=O) groups is 2. The number of benzene rings is 3. The molecule has 0 radical (unpaired) electrons. The summed E-state index contributed by atoms with van der Waals surface area (Å²) in [7, 11) is -2.51. The third kappa shape index (κ3) is 9.00. The lowest BCUT2D eigenvalue weighted by molar-refractivity contribution is -0.140. The van der Waals surface area contributed by atoms with Gasteiger partial charge in [0.25, 0.3) is 0 Å². The summed E-state index contributed by atoms with van der Waals surface area (Å²) in [5.74, 6) is -0.631. The Hall–Kier alpha value is -2.98. The molecule has 1 unspecified atom stereocenters. The molecule has 3 aromatic carbocycles. The van der Waals surface area contributed by atoms with Crippen molar-refractivity contribution in [1.29, 1.82) is 0 Å². The summed E-state index contributed by atoms with van der Waals surface area (Å²) in [6.07, 6.45) is 1.19. The molecule has 8 nitrogen and oxygen atoms in total. The molecule has 0 bridgehead atoms. The minimum Gasteiger partial charge on any atom is -0.495 e. The quantitative estimate of drug-likeness (QED) is 0.279. The van der Waals surface area contributed by atoms with E-state index in [4.69, 9.17) is 39.5 Å². The Labute approximate surface area is 256 Å². The van der Waals surface area contributed by atoms with Crippen LogP contribution in [0.3, 0.4) is 0 Å². The second-order valence-electron chi connectivity index (χ2n) is 9.73. The van der Waals surface area contributed by atoms with E-state index >= 15 is 0 Å². The van der Waals surface area contributed by atoms with E-state index in [0.29, 0.717) is 16.3 Å². The maximum atomic E-state index is 14.1. The van der Waals surface area contributed by atoms with Gasteiger partial charge < -0.3 is 15.0 Å². The average Bonchev–Trinajstić information content (AvgIpc) is 2.90. The van der Waals surface area contributed by atoms with E-state index < -0.39 is 28.5 Å². The third-order valence-corrected chi connectivity index (χ3v) is 8.32. The number of nitrogens with one attached hydrogen (secondary N) is 1. The summed E-state index contributed by atoms with van der Waals surface area (Å²) < 4.78 is 31.9. The van der Waals surface area contributed by atoms with Crippen molar-refractivity contribution in [3.05, 3.63) is 92.9 Å². The van der Waals surface area contributed by atoms with Gasteiger partial charge in [0.05, 0.1) is 34.1 Å². The number of nitrogens with zero attached hydrogens (tertiary/aromatic N) is 2. The molecule has 0 aliphatic heterocycles. The zero-order valence-corrected chi connectivity index (χ0v) is 26.2. The third-order valence-electron chi connectivity index (χ3n) is 6.14. The molecule has 1 N–H and O–H groups in total. The maximum absolute atomic E-state index is 14.1. The van der Waals surface area contributed by atoms with Crippen LogP contribution in [0.15, 0.2) is 66.7 Å². The highest BCUT2D eigenvalue weighted by Gasteiger charge is 2.33. The lowest BCUT2D eigenvalue weighted by atomic mass is 10.0. The molecular formula is C29H32Cl3N3O5S. The van der Waals surface area contributed by atoms with E-state index in [9.17, 15) is 18.0 Å². The Morgan fingerprint density at radius 1 is 0.902 bits per heavy atom. The first-order valence-corrected chi connectivity index (χ1v) is 15.7.